The third-order valence-electron chi connectivity index (χ3n) is 2.06. The summed E-state index contributed by atoms with van der Waals surface area (Å²) in [7, 11) is -3.75. The van der Waals surface area contributed by atoms with Gasteiger partial charge in [-0.15, -0.1) is 0 Å². The van der Waals surface area contributed by atoms with E-state index in [4.69, 9.17) is 5.11 Å². The van der Waals surface area contributed by atoms with Gasteiger partial charge in [-0.1, -0.05) is 25.1 Å². The fourth-order valence-corrected chi connectivity index (χ4v) is 2.46. The van der Waals surface area contributed by atoms with Gasteiger partial charge in [0.25, 0.3) is 0 Å². The van der Waals surface area contributed by atoms with E-state index in [9.17, 15) is 13.2 Å². The minimum absolute atomic E-state index is 0.0645. The summed E-state index contributed by atoms with van der Waals surface area (Å²) in [6.07, 6.45) is 0.196. The second-order valence-electron chi connectivity index (χ2n) is 3.23. The number of hydrogen-bond acceptors (Lipinski definition) is 3. The lowest BCUT2D eigenvalue weighted by molar-refractivity contribution is -0.139. The van der Waals surface area contributed by atoms with Crippen molar-refractivity contribution in [1.29, 1.82) is 0 Å². The molecule has 88 valence electrons. The van der Waals surface area contributed by atoms with Gasteiger partial charge < -0.3 is 5.11 Å². The molecule has 0 aliphatic heterocycles. The monoisotopic (exact) mass is 243 g/mol. The fraction of sp³-hybridized carbons (Fsp3) is 0.300. The lowest BCUT2D eigenvalue weighted by Crippen LogP contribution is -2.40. The maximum Gasteiger partial charge on any atom is 0.321 e. The lowest BCUT2D eigenvalue weighted by Gasteiger charge is -2.12. The number of carboxylic acid groups (broad SMARTS) is 1. The zero-order chi connectivity index (χ0) is 12.2. The Morgan fingerprint density at radius 2 is 1.94 bits per heavy atom. The highest BCUT2D eigenvalue weighted by Crippen LogP contribution is 2.08. The summed E-state index contributed by atoms with van der Waals surface area (Å²) >= 11 is 0. The van der Waals surface area contributed by atoms with Crippen LogP contribution in [-0.2, 0) is 14.8 Å². The molecule has 2 N–H and O–H groups in total. The Morgan fingerprint density at radius 1 is 1.38 bits per heavy atom. The van der Waals surface area contributed by atoms with Crippen LogP contribution in [0.5, 0.6) is 0 Å². The Morgan fingerprint density at radius 3 is 2.38 bits per heavy atom. The molecule has 0 unspecified atom stereocenters. The average molecular weight is 243 g/mol. The number of hydrogen-bond donors (Lipinski definition) is 2. The van der Waals surface area contributed by atoms with E-state index in [1.807, 2.05) is 0 Å². The largest absolute Gasteiger partial charge is 0.480 e. The minimum atomic E-state index is -3.75. The zero-order valence-corrected chi connectivity index (χ0v) is 9.57. The third kappa shape index (κ3) is 3.04. The summed E-state index contributed by atoms with van der Waals surface area (Å²) < 4.78 is 25.6. The summed E-state index contributed by atoms with van der Waals surface area (Å²) in [6, 6.07) is 6.58. The highest BCUT2D eigenvalue weighted by molar-refractivity contribution is 7.89. The Hall–Kier alpha value is -1.40. The van der Waals surface area contributed by atoms with E-state index in [0.717, 1.165) is 0 Å². The topological polar surface area (TPSA) is 83.5 Å². The van der Waals surface area contributed by atoms with Crippen molar-refractivity contribution < 1.29 is 18.3 Å². The number of carbonyl (C=O) groups is 1. The molecule has 0 radical (unpaired) electrons. The first-order valence-electron chi connectivity index (χ1n) is 4.77. The van der Waals surface area contributed by atoms with E-state index in [1.54, 1.807) is 25.1 Å². The number of nitrogens with one attached hydrogen (secondary N) is 1. The summed E-state index contributed by atoms with van der Waals surface area (Å²) in [6.45, 7) is 1.60. The normalized spacial score (nSPS) is 13.3. The van der Waals surface area contributed by atoms with Gasteiger partial charge in [-0.25, -0.2) is 8.42 Å². The lowest BCUT2D eigenvalue weighted by atomic mass is 10.2. The third-order valence-corrected chi connectivity index (χ3v) is 3.54. The summed E-state index contributed by atoms with van der Waals surface area (Å²) in [4.78, 5) is 10.8. The molecule has 0 aliphatic rings. The molecular weight excluding hydrogens is 230 g/mol. The Bertz CT molecular complexity index is 455. The van der Waals surface area contributed by atoms with Gasteiger partial charge in [0.1, 0.15) is 6.04 Å². The predicted octanol–water partition coefficient (Wildman–Crippen LogP) is 0.828. The van der Waals surface area contributed by atoms with Crippen LogP contribution in [0, 0.1) is 0 Å². The Labute approximate surface area is 94.2 Å². The van der Waals surface area contributed by atoms with Gasteiger partial charge in [0.2, 0.25) is 10.0 Å². The van der Waals surface area contributed by atoms with Crippen LogP contribution in [0.15, 0.2) is 35.2 Å². The number of aliphatic carboxylic acids is 1. The number of benzene rings is 1. The maximum absolute atomic E-state index is 11.7. The average Bonchev–Trinajstić information content (AvgIpc) is 2.27. The minimum Gasteiger partial charge on any atom is -0.480 e. The van der Waals surface area contributed by atoms with Crippen LogP contribution >= 0.6 is 0 Å². The van der Waals surface area contributed by atoms with Crippen LogP contribution in [0.3, 0.4) is 0 Å². The number of sulfonamides is 1. The molecule has 1 atom stereocenters. The highest BCUT2D eigenvalue weighted by atomic mass is 32.2. The van der Waals surface area contributed by atoms with Crippen LogP contribution in [0.4, 0.5) is 0 Å². The molecule has 0 saturated carbocycles. The van der Waals surface area contributed by atoms with E-state index >= 15 is 0 Å². The summed E-state index contributed by atoms with van der Waals surface area (Å²) in [5.74, 6) is -1.18. The van der Waals surface area contributed by atoms with Gasteiger partial charge in [-0.3, -0.25) is 4.79 Å². The van der Waals surface area contributed by atoms with Crippen molar-refractivity contribution in [3.8, 4) is 0 Å². The van der Waals surface area contributed by atoms with Gasteiger partial charge in [-0.05, 0) is 18.6 Å². The second-order valence-corrected chi connectivity index (χ2v) is 4.95. The molecule has 16 heavy (non-hydrogen) atoms. The van der Waals surface area contributed by atoms with Crippen LogP contribution < -0.4 is 4.72 Å². The molecule has 1 aromatic carbocycles. The predicted molar refractivity (Wildman–Crippen MR) is 58.5 cm³/mol. The highest BCUT2D eigenvalue weighted by Gasteiger charge is 2.23. The van der Waals surface area contributed by atoms with E-state index in [0.29, 0.717) is 0 Å². The SMILES string of the molecule is CC[C@@H](NS(=O)(=O)c1ccccc1)C(=O)O. The molecule has 6 heteroatoms. The molecule has 0 aliphatic carbocycles. The quantitative estimate of drug-likeness (QED) is 0.802. The van der Waals surface area contributed by atoms with Gasteiger partial charge >= 0.3 is 5.97 Å². The molecule has 1 aromatic rings. The van der Waals surface area contributed by atoms with Gasteiger partial charge in [0.15, 0.2) is 0 Å². The van der Waals surface area contributed by atoms with Crippen molar-refractivity contribution in [3.63, 3.8) is 0 Å². The number of rotatable bonds is 5. The first-order chi connectivity index (χ1) is 7.47. The van der Waals surface area contributed by atoms with Crippen LogP contribution in [-0.4, -0.2) is 25.5 Å². The molecule has 1 rings (SSSR count). The van der Waals surface area contributed by atoms with Crippen molar-refractivity contribution in [2.45, 2.75) is 24.3 Å². The fourth-order valence-electron chi connectivity index (χ4n) is 1.16. The molecule has 0 aromatic heterocycles. The van der Waals surface area contributed by atoms with Crippen molar-refractivity contribution in [2.24, 2.45) is 0 Å². The first kappa shape index (κ1) is 12.7. The van der Waals surface area contributed by atoms with Crippen molar-refractivity contribution in [3.05, 3.63) is 30.3 Å². The van der Waals surface area contributed by atoms with E-state index < -0.39 is 22.0 Å². The molecule has 0 fully saturated rings. The maximum atomic E-state index is 11.7. The van der Waals surface area contributed by atoms with Crippen molar-refractivity contribution >= 4 is 16.0 Å². The van der Waals surface area contributed by atoms with Crippen LogP contribution in [0.2, 0.25) is 0 Å². The molecule has 0 heterocycles. The standard InChI is InChI=1S/C10H13NO4S/c1-2-9(10(12)13)11-16(14,15)8-6-4-3-5-7-8/h3-7,9,11H,2H2,1H3,(H,12,13)/t9-/m1/s1. The van der Waals surface area contributed by atoms with Gasteiger partial charge in [0.05, 0.1) is 4.90 Å². The molecule has 5 nitrogen and oxygen atoms in total. The van der Waals surface area contributed by atoms with E-state index in [2.05, 4.69) is 4.72 Å². The zero-order valence-electron chi connectivity index (χ0n) is 8.75. The summed E-state index contributed by atoms with van der Waals surface area (Å²) in [5.41, 5.74) is 0. The Kier molecular flexibility index (Phi) is 4.03. The first-order valence-corrected chi connectivity index (χ1v) is 6.26. The molecule has 0 spiro atoms. The molecule has 0 saturated heterocycles. The van der Waals surface area contributed by atoms with Crippen LogP contribution in [0.1, 0.15) is 13.3 Å². The van der Waals surface area contributed by atoms with Gasteiger partial charge in [0, 0.05) is 0 Å². The van der Waals surface area contributed by atoms with Gasteiger partial charge in [-0.2, -0.15) is 4.72 Å². The van der Waals surface area contributed by atoms with E-state index in [1.165, 1.54) is 12.1 Å². The van der Waals surface area contributed by atoms with E-state index in [-0.39, 0.29) is 11.3 Å². The van der Waals surface area contributed by atoms with Crippen LogP contribution in [0.25, 0.3) is 0 Å². The van der Waals surface area contributed by atoms with Crippen molar-refractivity contribution in [1.82, 2.24) is 4.72 Å². The van der Waals surface area contributed by atoms with Crippen molar-refractivity contribution in [2.75, 3.05) is 0 Å². The molecule has 0 bridgehead atoms. The second kappa shape index (κ2) is 5.09. The number of carboxylic acids is 1. The Balaban J connectivity index is 2.92. The molecular formula is C10H13NO4S. The summed E-state index contributed by atoms with van der Waals surface area (Å²) in [5, 5.41) is 8.76. The molecule has 0 amide bonds. The smallest absolute Gasteiger partial charge is 0.321 e.